The maximum atomic E-state index is 13.9. The van der Waals surface area contributed by atoms with Crippen molar-refractivity contribution in [3.8, 4) is 16.9 Å². The van der Waals surface area contributed by atoms with Crippen molar-refractivity contribution in [3.05, 3.63) is 53.1 Å². The van der Waals surface area contributed by atoms with Crippen LogP contribution in [0.15, 0.2) is 36.4 Å². The Bertz CT molecular complexity index is 1470. The van der Waals surface area contributed by atoms with E-state index in [1.807, 2.05) is 24.3 Å². The number of ketones is 4. The average molecular weight is 547 g/mol. The van der Waals surface area contributed by atoms with Gasteiger partial charge in [-0.25, -0.2) is 0 Å². The van der Waals surface area contributed by atoms with Crippen molar-refractivity contribution in [1.29, 1.82) is 0 Å². The molecule has 0 saturated heterocycles. The zero-order chi connectivity index (χ0) is 29.5. The first-order valence-electron chi connectivity index (χ1n) is 13.4. The van der Waals surface area contributed by atoms with Crippen LogP contribution in [0.3, 0.4) is 0 Å². The van der Waals surface area contributed by atoms with Crippen molar-refractivity contribution < 1.29 is 34.2 Å². The first kappa shape index (κ1) is 27.9. The summed E-state index contributed by atoms with van der Waals surface area (Å²) in [5, 5.41) is 22.4. The van der Waals surface area contributed by atoms with Gasteiger partial charge in [0.15, 0.2) is 34.7 Å². The highest BCUT2D eigenvalue weighted by molar-refractivity contribution is 6.32. The van der Waals surface area contributed by atoms with Gasteiger partial charge < -0.3 is 15.9 Å². The summed E-state index contributed by atoms with van der Waals surface area (Å²) in [7, 11) is 3.12. The van der Waals surface area contributed by atoms with Gasteiger partial charge in [0.05, 0.1) is 17.5 Å². The van der Waals surface area contributed by atoms with E-state index in [0.717, 1.165) is 16.7 Å². The number of likely N-dealkylation sites (N-methyl/N-ethyl adjacent to an activating group) is 1. The number of benzene rings is 2. The van der Waals surface area contributed by atoms with Crippen molar-refractivity contribution >= 4 is 29.0 Å². The summed E-state index contributed by atoms with van der Waals surface area (Å²) in [5.74, 6) is -10.5. The third-order valence-electron chi connectivity index (χ3n) is 9.01. The van der Waals surface area contributed by atoms with E-state index in [-0.39, 0.29) is 29.6 Å². The number of rotatable bonds is 3. The molecule has 2 fully saturated rings. The van der Waals surface area contributed by atoms with Crippen LogP contribution in [0.2, 0.25) is 0 Å². The second-order valence-corrected chi connectivity index (χ2v) is 12.6. The maximum absolute atomic E-state index is 13.9. The van der Waals surface area contributed by atoms with Crippen LogP contribution in [0.1, 0.15) is 48.7 Å². The first-order valence-corrected chi connectivity index (χ1v) is 13.4. The molecule has 0 radical (unpaired) electrons. The fourth-order valence-electron chi connectivity index (χ4n) is 7.02. The predicted octanol–water partition coefficient (Wildman–Crippen LogP) is 1.83. The van der Waals surface area contributed by atoms with E-state index >= 15 is 0 Å². The number of hydrogen-bond donors (Lipinski definition) is 3. The van der Waals surface area contributed by atoms with Crippen molar-refractivity contribution in [1.82, 2.24) is 4.90 Å². The lowest BCUT2D eigenvalue weighted by atomic mass is 9.52. The quantitative estimate of drug-likeness (QED) is 0.493. The number of carbonyl (C=O) groups is 5. The summed E-state index contributed by atoms with van der Waals surface area (Å²) < 4.78 is 0. The zero-order valence-electron chi connectivity index (χ0n) is 23.2. The Kier molecular flexibility index (Phi) is 6.39. The van der Waals surface area contributed by atoms with Gasteiger partial charge in [-0.15, -0.1) is 0 Å². The number of nitrogens with zero attached hydrogens (tertiary/aromatic N) is 1. The molecule has 2 aromatic rings. The Labute approximate surface area is 232 Å². The Hall–Kier alpha value is -3.69. The Balaban J connectivity index is 1.63. The monoisotopic (exact) mass is 546 g/mol. The molecular formula is C31H34N2O7. The van der Waals surface area contributed by atoms with Crippen LogP contribution in [0.4, 0.5) is 0 Å². The molecule has 0 heterocycles. The van der Waals surface area contributed by atoms with E-state index < -0.39 is 64.4 Å². The number of amides is 1. The number of phenols is 1. The lowest BCUT2D eigenvalue weighted by Crippen LogP contribution is -2.74. The molecule has 4 N–H and O–H groups in total. The van der Waals surface area contributed by atoms with E-state index in [0.29, 0.717) is 5.56 Å². The van der Waals surface area contributed by atoms with Crippen LogP contribution >= 0.6 is 0 Å². The largest absolute Gasteiger partial charge is 0.507 e. The van der Waals surface area contributed by atoms with Crippen LogP contribution < -0.4 is 5.73 Å². The van der Waals surface area contributed by atoms with E-state index in [4.69, 9.17) is 5.73 Å². The number of aliphatic hydroxyl groups is 1. The zero-order valence-corrected chi connectivity index (χ0v) is 23.2. The maximum Gasteiger partial charge on any atom is 0.235 e. The summed E-state index contributed by atoms with van der Waals surface area (Å²) in [6, 6.07) is 9.96. The second-order valence-electron chi connectivity index (χ2n) is 12.6. The van der Waals surface area contributed by atoms with Crippen LogP contribution in [-0.4, -0.2) is 69.9 Å². The minimum absolute atomic E-state index is 0.0102. The SMILES string of the molecule is CN(C)[C@@H]1C(=O)C(C(N)=O)C(=O)[C@@]2(O)C(=O)C3C(=O)c4c(O)ccc(-c5ccc(C(C)(C)C)cc5)c4CC3CC12. The molecule has 0 bridgehead atoms. The minimum atomic E-state index is -2.73. The van der Waals surface area contributed by atoms with Gasteiger partial charge in [-0.2, -0.15) is 0 Å². The summed E-state index contributed by atoms with van der Waals surface area (Å²) in [4.78, 5) is 68.0. The summed E-state index contributed by atoms with van der Waals surface area (Å²) >= 11 is 0. The molecule has 4 unspecified atom stereocenters. The first-order chi connectivity index (χ1) is 18.6. The number of aromatic hydroxyl groups is 1. The lowest BCUT2D eigenvalue weighted by Gasteiger charge is -2.52. The number of phenolic OH excluding ortho intramolecular Hbond substituents is 1. The van der Waals surface area contributed by atoms with Crippen LogP contribution in [0.5, 0.6) is 5.75 Å². The highest BCUT2D eigenvalue weighted by atomic mass is 16.3. The molecule has 0 aromatic heterocycles. The van der Waals surface area contributed by atoms with Gasteiger partial charge in [-0.1, -0.05) is 51.1 Å². The molecule has 2 aromatic carbocycles. The molecule has 3 aliphatic carbocycles. The van der Waals surface area contributed by atoms with Crippen molar-refractivity contribution in [2.45, 2.75) is 50.7 Å². The number of Topliss-reactive ketones (excluding diaryl/α,β-unsaturated/α-hetero) is 4. The molecule has 40 heavy (non-hydrogen) atoms. The molecule has 0 aliphatic heterocycles. The minimum Gasteiger partial charge on any atom is -0.507 e. The third-order valence-corrected chi connectivity index (χ3v) is 9.01. The van der Waals surface area contributed by atoms with E-state index in [1.54, 1.807) is 20.2 Å². The molecular weight excluding hydrogens is 512 g/mol. The van der Waals surface area contributed by atoms with Gasteiger partial charge in [0.1, 0.15) is 5.75 Å². The van der Waals surface area contributed by atoms with Crippen LogP contribution in [0, 0.1) is 23.7 Å². The number of carbonyl (C=O) groups excluding carboxylic acids is 5. The molecule has 9 heteroatoms. The summed E-state index contributed by atoms with van der Waals surface area (Å²) in [5.41, 5.74) is 5.86. The average Bonchev–Trinajstić information content (AvgIpc) is 2.85. The normalized spacial score (nSPS) is 30.1. The highest BCUT2D eigenvalue weighted by Gasteiger charge is 2.69. The van der Waals surface area contributed by atoms with Gasteiger partial charge in [-0.05, 0) is 66.6 Å². The third kappa shape index (κ3) is 3.86. The van der Waals surface area contributed by atoms with E-state index in [2.05, 4.69) is 20.8 Å². The topological polar surface area (TPSA) is 155 Å². The van der Waals surface area contributed by atoms with Crippen molar-refractivity contribution in [2.75, 3.05) is 14.1 Å². The van der Waals surface area contributed by atoms with E-state index in [9.17, 15) is 34.2 Å². The van der Waals surface area contributed by atoms with Gasteiger partial charge in [-0.3, -0.25) is 28.9 Å². The molecule has 210 valence electrons. The van der Waals surface area contributed by atoms with Crippen LogP contribution in [0.25, 0.3) is 11.1 Å². The Morgan fingerprint density at radius 1 is 1.00 bits per heavy atom. The van der Waals surface area contributed by atoms with Gasteiger partial charge in [0.25, 0.3) is 0 Å². The van der Waals surface area contributed by atoms with Gasteiger partial charge in [0.2, 0.25) is 5.91 Å². The Morgan fingerprint density at radius 3 is 2.17 bits per heavy atom. The smallest absolute Gasteiger partial charge is 0.235 e. The van der Waals surface area contributed by atoms with Crippen molar-refractivity contribution in [2.24, 2.45) is 29.4 Å². The lowest BCUT2D eigenvalue weighted by molar-refractivity contribution is -0.181. The number of hydrogen-bond acceptors (Lipinski definition) is 8. The molecule has 0 spiro atoms. The molecule has 1 amide bonds. The van der Waals surface area contributed by atoms with Crippen molar-refractivity contribution in [3.63, 3.8) is 0 Å². The summed E-state index contributed by atoms with van der Waals surface area (Å²) in [6.07, 6.45) is 0.235. The highest BCUT2D eigenvalue weighted by Crippen LogP contribution is 2.51. The Morgan fingerprint density at radius 2 is 1.62 bits per heavy atom. The molecule has 2 saturated carbocycles. The van der Waals surface area contributed by atoms with Gasteiger partial charge in [0, 0.05) is 5.92 Å². The second kappa shape index (κ2) is 9.17. The number of primary amides is 1. The number of nitrogens with two attached hydrogens (primary N) is 1. The van der Waals surface area contributed by atoms with Gasteiger partial charge >= 0.3 is 0 Å². The fraction of sp³-hybridized carbons (Fsp3) is 0.452. The predicted molar refractivity (Wildman–Crippen MR) is 145 cm³/mol. The summed E-state index contributed by atoms with van der Waals surface area (Å²) in [6.45, 7) is 6.33. The standard InChI is InChI=1S/C31H34N2O7/c1-30(2,3)16-8-6-14(7-9-16)17-10-11-20(34)22-18(17)12-15-13-19-24(33(4)5)26(36)23(29(32)39)28(38)31(19,40)27(37)21(15)25(22)35/h6-11,15,19,21,23-24,34,40H,12-13H2,1-5H3,(H2,32,39)/t15?,19?,21?,23?,24-,31-/m0/s1. The van der Waals surface area contributed by atoms with Crippen LogP contribution in [-0.2, 0) is 31.0 Å². The fourth-order valence-corrected chi connectivity index (χ4v) is 7.02. The molecule has 5 rings (SSSR count). The number of fused-ring (bicyclic) bond motifs is 3. The van der Waals surface area contributed by atoms with E-state index in [1.165, 1.54) is 11.0 Å². The molecule has 9 nitrogen and oxygen atoms in total. The molecule has 3 aliphatic rings. The molecule has 6 atom stereocenters.